The number of hydrogen-bond acceptors (Lipinski definition) is 6. The van der Waals surface area contributed by atoms with E-state index in [1.54, 1.807) is 35.6 Å². The number of benzene rings is 2. The van der Waals surface area contributed by atoms with E-state index in [9.17, 15) is 9.59 Å². The van der Waals surface area contributed by atoms with Gasteiger partial charge in [-0.15, -0.1) is 21.5 Å². The van der Waals surface area contributed by atoms with Crippen molar-refractivity contribution in [2.75, 3.05) is 11.1 Å². The summed E-state index contributed by atoms with van der Waals surface area (Å²) in [4.78, 5) is 26.5. The van der Waals surface area contributed by atoms with Gasteiger partial charge in [0.15, 0.2) is 11.0 Å². The first kappa shape index (κ1) is 23.7. The average Bonchev–Trinajstić information content (AvgIpc) is 3.52. The highest BCUT2D eigenvalue weighted by Gasteiger charge is 2.17. The number of para-hydroxylation sites is 1. The van der Waals surface area contributed by atoms with Gasteiger partial charge in [0.25, 0.3) is 5.91 Å². The molecule has 4 aromatic rings. The Labute approximate surface area is 206 Å². The van der Waals surface area contributed by atoms with Crippen LogP contribution in [-0.4, -0.2) is 32.3 Å². The second-order valence-corrected chi connectivity index (χ2v) is 9.47. The Morgan fingerprint density at radius 1 is 1.03 bits per heavy atom. The fraction of sp³-hybridized carbons (Fsp3) is 0.200. The van der Waals surface area contributed by atoms with E-state index >= 15 is 0 Å². The van der Waals surface area contributed by atoms with E-state index in [0.29, 0.717) is 29.5 Å². The molecule has 0 fully saturated rings. The average molecular weight is 492 g/mol. The molecule has 0 aliphatic rings. The highest BCUT2D eigenvalue weighted by atomic mass is 32.2. The number of nitrogens with zero attached hydrogens (tertiary/aromatic N) is 3. The fourth-order valence-electron chi connectivity index (χ4n) is 3.36. The number of thiophene rings is 1. The molecule has 2 N–H and O–H groups in total. The van der Waals surface area contributed by atoms with E-state index in [-0.39, 0.29) is 17.6 Å². The van der Waals surface area contributed by atoms with Gasteiger partial charge in [0.1, 0.15) is 0 Å². The van der Waals surface area contributed by atoms with Crippen molar-refractivity contribution in [2.45, 2.75) is 32.1 Å². The monoisotopic (exact) mass is 491 g/mol. The van der Waals surface area contributed by atoms with E-state index in [4.69, 9.17) is 0 Å². The largest absolute Gasteiger partial charge is 0.348 e. The first-order valence-corrected chi connectivity index (χ1v) is 12.7. The highest BCUT2D eigenvalue weighted by molar-refractivity contribution is 7.99. The maximum atomic E-state index is 12.8. The van der Waals surface area contributed by atoms with Crippen molar-refractivity contribution in [3.8, 4) is 10.7 Å². The molecule has 7 nitrogen and oxygen atoms in total. The Kier molecular flexibility index (Phi) is 7.76. The Balaban J connectivity index is 1.37. The van der Waals surface area contributed by atoms with Crippen LogP contribution >= 0.6 is 23.1 Å². The van der Waals surface area contributed by atoms with Crippen LogP contribution in [0.1, 0.15) is 28.4 Å². The highest BCUT2D eigenvalue weighted by Crippen LogP contribution is 2.27. The molecule has 2 aromatic carbocycles. The van der Waals surface area contributed by atoms with Crippen molar-refractivity contribution in [2.24, 2.45) is 0 Å². The van der Waals surface area contributed by atoms with Crippen LogP contribution in [0.3, 0.4) is 0 Å². The van der Waals surface area contributed by atoms with Gasteiger partial charge in [0.2, 0.25) is 5.91 Å². The van der Waals surface area contributed by atoms with Crippen molar-refractivity contribution in [3.05, 3.63) is 82.7 Å². The molecule has 174 valence electrons. The number of hydrogen-bond donors (Lipinski definition) is 2. The van der Waals surface area contributed by atoms with Crippen molar-refractivity contribution in [3.63, 3.8) is 0 Å². The minimum absolute atomic E-state index is 0.155. The number of carbonyl (C=O) groups excluding carboxylic acids is 2. The topological polar surface area (TPSA) is 88.9 Å². The number of nitrogens with one attached hydrogen (secondary N) is 2. The number of thioether (sulfide) groups is 1. The smallest absolute Gasteiger partial charge is 0.253 e. The molecule has 9 heteroatoms. The van der Waals surface area contributed by atoms with E-state index in [0.717, 1.165) is 16.3 Å². The SMILES string of the molecule is CCn1c(SCC(=O)Nc2ccccc2C(=O)NCc2ccc(C)cc2)nnc1-c1cccs1. The second kappa shape index (κ2) is 11.1. The third kappa shape index (κ3) is 5.73. The minimum Gasteiger partial charge on any atom is -0.348 e. The Morgan fingerprint density at radius 3 is 2.56 bits per heavy atom. The lowest BCUT2D eigenvalue weighted by atomic mass is 10.1. The molecule has 0 aliphatic heterocycles. The quantitative estimate of drug-likeness (QED) is 0.322. The molecule has 2 aromatic heterocycles. The normalized spacial score (nSPS) is 10.8. The lowest BCUT2D eigenvalue weighted by molar-refractivity contribution is -0.113. The lowest BCUT2D eigenvalue weighted by Crippen LogP contribution is -2.25. The number of aromatic nitrogens is 3. The summed E-state index contributed by atoms with van der Waals surface area (Å²) in [5, 5.41) is 17.0. The molecule has 0 aliphatic carbocycles. The summed E-state index contributed by atoms with van der Waals surface area (Å²) >= 11 is 2.92. The van der Waals surface area contributed by atoms with Crippen molar-refractivity contribution >= 4 is 40.6 Å². The van der Waals surface area contributed by atoms with Crippen LogP contribution < -0.4 is 10.6 Å². The molecule has 0 saturated heterocycles. The maximum Gasteiger partial charge on any atom is 0.253 e. The summed E-state index contributed by atoms with van der Waals surface area (Å²) in [6.45, 7) is 5.16. The zero-order valence-electron chi connectivity index (χ0n) is 18.9. The minimum atomic E-state index is -0.240. The van der Waals surface area contributed by atoms with Gasteiger partial charge in [-0.25, -0.2) is 0 Å². The molecule has 2 amide bonds. The fourth-order valence-corrected chi connectivity index (χ4v) is 4.88. The van der Waals surface area contributed by atoms with Gasteiger partial charge in [-0.2, -0.15) is 0 Å². The van der Waals surface area contributed by atoms with E-state index in [1.165, 1.54) is 17.3 Å². The van der Waals surface area contributed by atoms with Crippen LogP contribution in [-0.2, 0) is 17.9 Å². The third-order valence-electron chi connectivity index (χ3n) is 5.13. The Hall–Kier alpha value is -3.43. The molecular weight excluding hydrogens is 466 g/mol. The summed E-state index contributed by atoms with van der Waals surface area (Å²) in [5.41, 5.74) is 3.08. The molecule has 2 heterocycles. The van der Waals surface area contributed by atoms with Gasteiger partial charge < -0.3 is 15.2 Å². The number of anilines is 1. The van der Waals surface area contributed by atoms with E-state index < -0.39 is 0 Å². The number of aryl methyl sites for hydroxylation is 1. The number of amides is 2. The molecular formula is C25H25N5O2S2. The zero-order chi connectivity index (χ0) is 23.9. The zero-order valence-corrected chi connectivity index (χ0v) is 20.6. The van der Waals surface area contributed by atoms with Gasteiger partial charge in [-0.3, -0.25) is 9.59 Å². The van der Waals surface area contributed by atoms with Crippen LogP contribution in [0.25, 0.3) is 10.7 Å². The third-order valence-corrected chi connectivity index (χ3v) is 6.96. The number of rotatable bonds is 9. The molecule has 4 rings (SSSR count). The van der Waals surface area contributed by atoms with Crippen LogP contribution in [0.2, 0.25) is 0 Å². The van der Waals surface area contributed by atoms with Gasteiger partial charge in [0, 0.05) is 13.1 Å². The molecule has 0 radical (unpaired) electrons. The van der Waals surface area contributed by atoms with E-state index in [2.05, 4.69) is 20.8 Å². The summed E-state index contributed by atoms with van der Waals surface area (Å²) in [5.74, 6) is 0.501. The maximum absolute atomic E-state index is 12.8. The molecule has 0 saturated carbocycles. The second-order valence-electron chi connectivity index (χ2n) is 7.58. The first-order chi connectivity index (χ1) is 16.5. The summed E-state index contributed by atoms with van der Waals surface area (Å²) in [6, 6.07) is 19.0. The number of carbonyl (C=O) groups is 2. The molecule has 0 unspecified atom stereocenters. The summed E-state index contributed by atoms with van der Waals surface area (Å²) in [6.07, 6.45) is 0. The Bertz CT molecular complexity index is 1270. The molecule has 0 atom stereocenters. The Morgan fingerprint density at radius 2 is 1.82 bits per heavy atom. The molecule has 0 spiro atoms. The standard InChI is InChI=1S/C25H25N5O2S2/c1-3-30-23(21-9-6-14-33-21)28-29-25(30)34-16-22(31)27-20-8-5-4-7-19(20)24(32)26-15-18-12-10-17(2)11-13-18/h4-14H,3,15-16H2,1-2H3,(H,26,32)(H,27,31). The van der Waals surface area contributed by atoms with E-state index in [1.807, 2.05) is 60.2 Å². The van der Waals surface area contributed by atoms with Crippen LogP contribution in [0.5, 0.6) is 0 Å². The van der Waals surface area contributed by atoms with Gasteiger partial charge in [0.05, 0.1) is 21.9 Å². The summed E-state index contributed by atoms with van der Waals surface area (Å²) < 4.78 is 2.00. The van der Waals surface area contributed by atoms with Crippen molar-refractivity contribution in [1.82, 2.24) is 20.1 Å². The van der Waals surface area contributed by atoms with Gasteiger partial charge >= 0.3 is 0 Å². The molecule has 0 bridgehead atoms. The predicted molar refractivity (Wildman–Crippen MR) is 137 cm³/mol. The van der Waals surface area contributed by atoms with Crippen LogP contribution in [0, 0.1) is 6.92 Å². The lowest BCUT2D eigenvalue weighted by Gasteiger charge is -2.12. The van der Waals surface area contributed by atoms with Gasteiger partial charge in [-0.05, 0) is 43.0 Å². The van der Waals surface area contributed by atoms with Crippen LogP contribution in [0.15, 0.2) is 71.2 Å². The van der Waals surface area contributed by atoms with Crippen LogP contribution in [0.4, 0.5) is 5.69 Å². The molecule has 34 heavy (non-hydrogen) atoms. The predicted octanol–water partition coefficient (Wildman–Crippen LogP) is 5.00. The van der Waals surface area contributed by atoms with Crippen molar-refractivity contribution < 1.29 is 9.59 Å². The first-order valence-electron chi connectivity index (χ1n) is 10.9. The van der Waals surface area contributed by atoms with Gasteiger partial charge in [-0.1, -0.05) is 59.8 Å². The summed E-state index contributed by atoms with van der Waals surface area (Å²) in [7, 11) is 0. The van der Waals surface area contributed by atoms with Crippen molar-refractivity contribution in [1.29, 1.82) is 0 Å².